The van der Waals surface area contributed by atoms with Crippen LogP contribution in [0.2, 0.25) is 0 Å². The van der Waals surface area contributed by atoms with Gasteiger partial charge < -0.3 is 10.4 Å². The van der Waals surface area contributed by atoms with E-state index in [1.165, 1.54) is 12.8 Å². The highest BCUT2D eigenvalue weighted by molar-refractivity contribution is 5.85. The van der Waals surface area contributed by atoms with Gasteiger partial charge in [-0.15, -0.1) is 0 Å². The molecule has 0 saturated heterocycles. The molecule has 0 spiro atoms. The number of nitrogens with zero attached hydrogens (tertiary/aromatic N) is 4. The van der Waals surface area contributed by atoms with Gasteiger partial charge in [-0.1, -0.05) is 48.5 Å². The summed E-state index contributed by atoms with van der Waals surface area (Å²) in [4.78, 5) is 20.7. The third-order valence-corrected chi connectivity index (χ3v) is 6.96. The number of hydrogen-bond acceptors (Lipinski definition) is 5. The van der Waals surface area contributed by atoms with E-state index in [1.807, 2.05) is 48.4 Å². The molecule has 2 aliphatic rings. The zero-order valence-electron chi connectivity index (χ0n) is 18.9. The van der Waals surface area contributed by atoms with Crippen LogP contribution in [0.4, 0.5) is 11.6 Å². The van der Waals surface area contributed by atoms with Gasteiger partial charge in [-0.3, -0.25) is 14.5 Å². The first kappa shape index (κ1) is 20.6. The van der Waals surface area contributed by atoms with Crippen molar-refractivity contribution in [1.82, 2.24) is 19.7 Å². The van der Waals surface area contributed by atoms with Crippen molar-refractivity contribution < 1.29 is 9.90 Å². The molecule has 0 radical (unpaired) electrons. The molecule has 2 aromatic carbocycles. The molecule has 2 aliphatic carbocycles. The van der Waals surface area contributed by atoms with Gasteiger partial charge in [-0.25, -0.2) is 4.98 Å². The van der Waals surface area contributed by atoms with Crippen LogP contribution in [-0.4, -0.2) is 30.8 Å². The molecule has 2 fully saturated rings. The Bertz CT molecular complexity index is 1370. The number of rotatable bonds is 7. The van der Waals surface area contributed by atoms with Crippen LogP contribution in [0.5, 0.6) is 0 Å². The van der Waals surface area contributed by atoms with Gasteiger partial charge in [-0.2, -0.15) is 5.10 Å². The summed E-state index contributed by atoms with van der Waals surface area (Å²) in [5.74, 6) is 1.40. The van der Waals surface area contributed by atoms with E-state index in [1.54, 1.807) is 6.20 Å². The molecule has 170 valence electrons. The molecule has 0 bridgehead atoms. The molecular weight excluding hydrogens is 426 g/mol. The summed E-state index contributed by atoms with van der Waals surface area (Å²) < 4.78 is 1.81. The maximum absolute atomic E-state index is 11.6. The van der Waals surface area contributed by atoms with Gasteiger partial charge in [0.2, 0.25) is 0 Å². The number of anilines is 2. The fraction of sp³-hybridized carbons (Fsp3) is 0.259. The third-order valence-electron chi connectivity index (χ3n) is 6.96. The Hall–Kier alpha value is -4.00. The van der Waals surface area contributed by atoms with Crippen LogP contribution in [0.3, 0.4) is 0 Å². The monoisotopic (exact) mass is 451 g/mol. The Balaban J connectivity index is 1.24. The molecule has 2 aromatic heterocycles. The summed E-state index contributed by atoms with van der Waals surface area (Å²) in [5, 5.41) is 17.4. The number of carbonyl (C=O) groups is 1. The second kappa shape index (κ2) is 7.80. The topological polar surface area (TPSA) is 92.9 Å². The lowest BCUT2D eigenvalue weighted by Gasteiger charge is -2.12. The molecule has 0 atom stereocenters. The molecule has 2 N–H and O–H groups in total. The van der Waals surface area contributed by atoms with E-state index in [2.05, 4.69) is 39.7 Å². The summed E-state index contributed by atoms with van der Waals surface area (Å²) in [6, 6.07) is 16.2. The number of aryl methyl sites for hydroxylation is 1. The van der Waals surface area contributed by atoms with Gasteiger partial charge in [0.05, 0.1) is 23.5 Å². The number of nitrogens with one attached hydrogen (secondary N) is 1. The first-order valence-electron chi connectivity index (χ1n) is 11.6. The Morgan fingerprint density at radius 2 is 1.62 bits per heavy atom. The molecule has 6 rings (SSSR count). The Labute approximate surface area is 197 Å². The van der Waals surface area contributed by atoms with Crippen molar-refractivity contribution in [3.63, 3.8) is 0 Å². The van der Waals surface area contributed by atoms with Gasteiger partial charge in [-0.05, 0) is 47.9 Å². The molecular formula is C27H25N5O2. The van der Waals surface area contributed by atoms with Crippen LogP contribution in [0.1, 0.15) is 42.9 Å². The summed E-state index contributed by atoms with van der Waals surface area (Å²) in [5.41, 5.74) is 5.44. The number of aromatic nitrogens is 4. The smallest absolute Gasteiger partial charge is 0.314 e. The molecule has 2 heterocycles. The van der Waals surface area contributed by atoms with Crippen molar-refractivity contribution in [2.24, 2.45) is 7.05 Å². The Morgan fingerprint density at radius 3 is 2.24 bits per heavy atom. The third kappa shape index (κ3) is 3.63. The first-order valence-corrected chi connectivity index (χ1v) is 11.6. The highest BCUT2D eigenvalue weighted by Crippen LogP contribution is 2.48. The summed E-state index contributed by atoms with van der Waals surface area (Å²) in [7, 11) is 1.91. The van der Waals surface area contributed by atoms with Gasteiger partial charge in [0.1, 0.15) is 11.6 Å². The van der Waals surface area contributed by atoms with Crippen LogP contribution in [0.25, 0.3) is 22.3 Å². The standard InChI is InChI=1S/C27H25N5O2/c1-32-25(31-24-16-28-15-23(30-24)20-6-7-20)22(14-29-32)19-4-2-17(3-5-19)18-8-10-21(11-9-18)27(12-13-27)26(33)34/h2-5,8-11,14-16,20H,6-7,12-13H2,1H3,(H,30,31)(H,33,34). The highest BCUT2D eigenvalue weighted by atomic mass is 16.4. The van der Waals surface area contributed by atoms with Crippen LogP contribution in [-0.2, 0) is 17.3 Å². The minimum absolute atomic E-state index is 0.542. The van der Waals surface area contributed by atoms with E-state index in [0.29, 0.717) is 18.8 Å². The lowest BCUT2D eigenvalue weighted by atomic mass is 9.93. The van der Waals surface area contributed by atoms with Crippen molar-refractivity contribution in [1.29, 1.82) is 0 Å². The van der Waals surface area contributed by atoms with E-state index < -0.39 is 11.4 Å². The molecule has 7 nitrogen and oxygen atoms in total. The molecule has 2 saturated carbocycles. The quantitative estimate of drug-likeness (QED) is 0.397. The Kier molecular flexibility index (Phi) is 4.72. The van der Waals surface area contributed by atoms with Crippen molar-refractivity contribution in [3.05, 3.63) is 78.4 Å². The average molecular weight is 452 g/mol. The van der Waals surface area contributed by atoms with Gasteiger partial charge in [0.25, 0.3) is 0 Å². The zero-order chi connectivity index (χ0) is 23.3. The fourth-order valence-electron chi connectivity index (χ4n) is 4.51. The maximum atomic E-state index is 11.6. The number of benzene rings is 2. The van der Waals surface area contributed by atoms with E-state index in [-0.39, 0.29) is 0 Å². The van der Waals surface area contributed by atoms with Crippen molar-refractivity contribution in [2.45, 2.75) is 37.0 Å². The number of carboxylic acid groups (broad SMARTS) is 1. The molecule has 4 aromatic rings. The SMILES string of the molecule is Cn1ncc(-c2ccc(-c3ccc(C4(C(=O)O)CC4)cc3)cc2)c1Nc1cncc(C2CC2)n1. The van der Waals surface area contributed by atoms with E-state index in [0.717, 1.165) is 45.1 Å². The molecule has 34 heavy (non-hydrogen) atoms. The van der Waals surface area contributed by atoms with Crippen LogP contribution < -0.4 is 5.32 Å². The first-order chi connectivity index (χ1) is 16.5. The number of hydrogen-bond donors (Lipinski definition) is 2. The predicted molar refractivity (Wildman–Crippen MR) is 130 cm³/mol. The zero-order valence-corrected chi connectivity index (χ0v) is 18.9. The minimum Gasteiger partial charge on any atom is -0.481 e. The highest BCUT2D eigenvalue weighted by Gasteiger charge is 2.51. The van der Waals surface area contributed by atoms with E-state index in [9.17, 15) is 9.90 Å². The summed E-state index contributed by atoms with van der Waals surface area (Å²) in [6.07, 6.45) is 9.25. The molecule has 0 unspecified atom stereocenters. The maximum Gasteiger partial charge on any atom is 0.314 e. The van der Waals surface area contributed by atoms with Gasteiger partial charge in [0, 0.05) is 24.7 Å². The van der Waals surface area contributed by atoms with Crippen molar-refractivity contribution in [2.75, 3.05) is 5.32 Å². The number of carboxylic acids is 1. The van der Waals surface area contributed by atoms with Crippen LogP contribution in [0, 0.1) is 0 Å². The fourth-order valence-corrected chi connectivity index (χ4v) is 4.51. The molecule has 7 heteroatoms. The predicted octanol–water partition coefficient (Wildman–Crippen LogP) is 5.28. The van der Waals surface area contributed by atoms with Crippen molar-refractivity contribution in [3.8, 4) is 22.3 Å². The van der Waals surface area contributed by atoms with Crippen molar-refractivity contribution >= 4 is 17.6 Å². The van der Waals surface area contributed by atoms with E-state index >= 15 is 0 Å². The van der Waals surface area contributed by atoms with Crippen LogP contribution >= 0.6 is 0 Å². The molecule has 0 aliphatic heterocycles. The summed E-state index contributed by atoms with van der Waals surface area (Å²) >= 11 is 0. The van der Waals surface area contributed by atoms with Crippen LogP contribution in [0.15, 0.2) is 67.1 Å². The second-order valence-electron chi connectivity index (χ2n) is 9.30. The van der Waals surface area contributed by atoms with E-state index in [4.69, 9.17) is 4.98 Å². The largest absolute Gasteiger partial charge is 0.481 e. The lowest BCUT2D eigenvalue weighted by Crippen LogP contribution is -2.19. The van der Waals surface area contributed by atoms with Gasteiger partial charge >= 0.3 is 5.97 Å². The average Bonchev–Trinajstić information content (AvgIpc) is 3.78. The Morgan fingerprint density at radius 1 is 0.971 bits per heavy atom. The second-order valence-corrected chi connectivity index (χ2v) is 9.30. The molecule has 0 amide bonds. The van der Waals surface area contributed by atoms with Gasteiger partial charge in [0.15, 0.2) is 0 Å². The number of aliphatic carboxylic acids is 1. The lowest BCUT2D eigenvalue weighted by molar-refractivity contribution is -0.140. The summed E-state index contributed by atoms with van der Waals surface area (Å²) in [6.45, 7) is 0. The normalized spacial score (nSPS) is 16.3. The minimum atomic E-state index is -0.726.